The molecule has 0 saturated heterocycles. The first kappa shape index (κ1) is 13.9. The van der Waals surface area contributed by atoms with Gasteiger partial charge in [0.2, 0.25) is 0 Å². The summed E-state index contributed by atoms with van der Waals surface area (Å²) < 4.78 is 0. The summed E-state index contributed by atoms with van der Waals surface area (Å²) in [6, 6.07) is 8.49. The van der Waals surface area contributed by atoms with Crippen LogP contribution in [0.15, 0.2) is 24.3 Å². The van der Waals surface area contributed by atoms with Crippen LogP contribution in [0.2, 0.25) is 5.02 Å². The lowest BCUT2D eigenvalue weighted by molar-refractivity contribution is 0.403. The molecular weight excluding hydrogens is 242 g/mol. The van der Waals surface area contributed by atoms with Gasteiger partial charge in [0.05, 0.1) is 0 Å². The van der Waals surface area contributed by atoms with Gasteiger partial charge in [0.1, 0.15) is 0 Å². The van der Waals surface area contributed by atoms with Crippen molar-refractivity contribution in [3.63, 3.8) is 0 Å². The van der Waals surface area contributed by atoms with E-state index >= 15 is 0 Å². The molecule has 2 heteroatoms. The van der Waals surface area contributed by atoms with Crippen molar-refractivity contribution in [3.8, 4) is 0 Å². The largest absolute Gasteiger partial charge is 0.310 e. The van der Waals surface area contributed by atoms with E-state index in [9.17, 15) is 0 Å². The lowest BCUT2D eigenvalue weighted by Crippen LogP contribution is -2.25. The Morgan fingerprint density at radius 3 is 2.50 bits per heavy atom. The zero-order valence-corrected chi connectivity index (χ0v) is 12.0. The minimum atomic E-state index is 0.349. The van der Waals surface area contributed by atoms with E-state index in [-0.39, 0.29) is 0 Å². The van der Waals surface area contributed by atoms with Crippen molar-refractivity contribution in [2.24, 2.45) is 5.92 Å². The molecule has 0 aromatic heterocycles. The average molecular weight is 266 g/mol. The SMILES string of the molecule is C[C@H](NCC1CCCCCC1)c1ccccc1Cl. The minimum absolute atomic E-state index is 0.349. The molecule has 1 N–H and O–H groups in total. The molecule has 0 bridgehead atoms. The highest BCUT2D eigenvalue weighted by atomic mass is 35.5. The summed E-state index contributed by atoms with van der Waals surface area (Å²) in [7, 11) is 0. The summed E-state index contributed by atoms with van der Waals surface area (Å²) in [5.41, 5.74) is 1.22. The number of hydrogen-bond donors (Lipinski definition) is 1. The summed E-state index contributed by atoms with van der Waals surface area (Å²) in [6.07, 6.45) is 8.46. The van der Waals surface area contributed by atoms with Crippen molar-refractivity contribution in [3.05, 3.63) is 34.9 Å². The zero-order chi connectivity index (χ0) is 12.8. The standard InChI is InChI=1S/C16H24ClN/c1-13(15-10-6-7-11-16(15)17)18-12-14-8-4-2-3-5-9-14/h6-7,10-11,13-14,18H,2-5,8-9,12H2,1H3/t13-/m0/s1. The summed E-state index contributed by atoms with van der Waals surface area (Å²) in [6.45, 7) is 3.34. The second-order valence-corrected chi connectivity index (χ2v) is 5.92. The van der Waals surface area contributed by atoms with Gasteiger partial charge in [-0.15, -0.1) is 0 Å². The zero-order valence-electron chi connectivity index (χ0n) is 11.3. The molecule has 0 heterocycles. The van der Waals surface area contributed by atoms with E-state index in [0.29, 0.717) is 6.04 Å². The number of nitrogens with one attached hydrogen (secondary N) is 1. The van der Waals surface area contributed by atoms with E-state index in [1.54, 1.807) is 0 Å². The van der Waals surface area contributed by atoms with Crippen LogP contribution in [0.25, 0.3) is 0 Å². The fraction of sp³-hybridized carbons (Fsp3) is 0.625. The molecule has 1 aliphatic rings. The van der Waals surface area contributed by atoms with E-state index in [0.717, 1.165) is 17.5 Å². The van der Waals surface area contributed by atoms with E-state index in [4.69, 9.17) is 11.6 Å². The van der Waals surface area contributed by atoms with Gasteiger partial charge in [-0.2, -0.15) is 0 Å². The fourth-order valence-corrected chi connectivity index (χ4v) is 3.15. The number of benzene rings is 1. The maximum Gasteiger partial charge on any atom is 0.0453 e. The van der Waals surface area contributed by atoms with Gasteiger partial charge >= 0.3 is 0 Å². The Morgan fingerprint density at radius 1 is 1.17 bits per heavy atom. The molecule has 0 aliphatic heterocycles. The Morgan fingerprint density at radius 2 is 1.83 bits per heavy atom. The molecule has 1 nitrogen and oxygen atoms in total. The predicted octanol–water partition coefficient (Wildman–Crippen LogP) is 4.96. The molecule has 0 amide bonds. The number of halogens is 1. The van der Waals surface area contributed by atoms with Gasteiger partial charge in [-0.1, -0.05) is 55.5 Å². The van der Waals surface area contributed by atoms with Crippen LogP contribution in [-0.2, 0) is 0 Å². The molecule has 1 fully saturated rings. The maximum absolute atomic E-state index is 6.23. The Bertz CT molecular complexity index is 356. The second-order valence-electron chi connectivity index (χ2n) is 5.51. The minimum Gasteiger partial charge on any atom is -0.310 e. The monoisotopic (exact) mass is 265 g/mol. The topological polar surface area (TPSA) is 12.0 Å². The van der Waals surface area contributed by atoms with Gasteiger partial charge in [0.15, 0.2) is 0 Å². The summed E-state index contributed by atoms with van der Waals surface area (Å²) in [4.78, 5) is 0. The first-order valence-corrected chi connectivity index (χ1v) is 7.63. The highest BCUT2D eigenvalue weighted by Crippen LogP contribution is 2.25. The molecule has 1 aromatic rings. The molecule has 0 spiro atoms. The van der Waals surface area contributed by atoms with Crippen molar-refractivity contribution < 1.29 is 0 Å². The quantitative estimate of drug-likeness (QED) is 0.759. The van der Waals surface area contributed by atoms with Crippen LogP contribution in [0.4, 0.5) is 0 Å². The Kier molecular flexibility index (Phi) is 5.52. The third-order valence-electron chi connectivity index (χ3n) is 4.06. The normalized spacial score (nSPS) is 19.4. The van der Waals surface area contributed by atoms with E-state index in [2.05, 4.69) is 24.4 Å². The average Bonchev–Trinajstić information content (AvgIpc) is 2.65. The van der Waals surface area contributed by atoms with E-state index in [1.807, 2.05) is 12.1 Å². The Labute approximate surface area is 116 Å². The third kappa shape index (κ3) is 4.00. The lowest BCUT2D eigenvalue weighted by Gasteiger charge is -2.20. The lowest BCUT2D eigenvalue weighted by atomic mass is 9.99. The molecule has 0 unspecified atom stereocenters. The second kappa shape index (κ2) is 7.16. The van der Waals surface area contributed by atoms with Gasteiger partial charge < -0.3 is 5.32 Å². The van der Waals surface area contributed by atoms with E-state index < -0.39 is 0 Å². The van der Waals surface area contributed by atoms with Gasteiger partial charge in [-0.05, 0) is 43.9 Å². The summed E-state index contributed by atoms with van der Waals surface area (Å²) in [5.74, 6) is 0.859. The molecule has 0 radical (unpaired) electrons. The highest BCUT2D eigenvalue weighted by Gasteiger charge is 2.14. The van der Waals surface area contributed by atoms with Gasteiger partial charge in [0, 0.05) is 11.1 Å². The first-order chi connectivity index (χ1) is 8.77. The molecule has 1 saturated carbocycles. The molecule has 1 aliphatic carbocycles. The van der Waals surface area contributed by atoms with Crippen molar-refractivity contribution in [2.75, 3.05) is 6.54 Å². The molecule has 1 aromatic carbocycles. The molecule has 1 atom stereocenters. The van der Waals surface area contributed by atoms with Crippen LogP contribution >= 0.6 is 11.6 Å². The van der Waals surface area contributed by atoms with Gasteiger partial charge in [-0.3, -0.25) is 0 Å². The Balaban J connectivity index is 1.84. The van der Waals surface area contributed by atoms with Crippen molar-refractivity contribution in [2.45, 2.75) is 51.5 Å². The van der Waals surface area contributed by atoms with Gasteiger partial charge in [0.25, 0.3) is 0 Å². The van der Waals surface area contributed by atoms with Crippen LogP contribution in [0.5, 0.6) is 0 Å². The van der Waals surface area contributed by atoms with Crippen molar-refractivity contribution >= 4 is 11.6 Å². The maximum atomic E-state index is 6.23. The number of rotatable bonds is 4. The van der Waals surface area contributed by atoms with Gasteiger partial charge in [-0.25, -0.2) is 0 Å². The molecule has 2 rings (SSSR count). The van der Waals surface area contributed by atoms with Crippen LogP contribution in [0, 0.1) is 5.92 Å². The predicted molar refractivity (Wildman–Crippen MR) is 79.1 cm³/mol. The Hall–Kier alpha value is -0.530. The van der Waals surface area contributed by atoms with Crippen LogP contribution < -0.4 is 5.32 Å². The molecular formula is C16H24ClN. The fourth-order valence-electron chi connectivity index (χ4n) is 2.85. The third-order valence-corrected chi connectivity index (χ3v) is 4.40. The van der Waals surface area contributed by atoms with Crippen molar-refractivity contribution in [1.82, 2.24) is 5.32 Å². The molecule has 18 heavy (non-hydrogen) atoms. The van der Waals surface area contributed by atoms with Crippen molar-refractivity contribution in [1.29, 1.82) is 0 Å². The smallest absolute Gasteiger partial charge is 0.0453 e. The van der Waals surface area contributed by atoms with Crippen LogP contribution in [-0.4, -0.2) is 6.54 Å². The number of hydrogen-bond acceptors (Lipinski definition) is 1. The first-order valence-electron chi connectivity index (χ1n) is 7.25. The van der Waals surface area contributed by atoms with E-state index in [1.165, 1.54) is 44.1 Å². The van der Waals surface area contributed by atoms with Crippen LogP contribution in [0.3, 0.4) is 0 Å². The molecule has 100 valence electrons. The van der Waals surface area contributed by atoms with Crippen LogP contribution in [0.1, 0.15) is 57.1 Å². The summed E-state index contributed by atoms with van der Waals surface area (Å²) >= 11 is 6.23. The summed E-state index contributed by atoms with van der Waals surface area (Å²) in [5, 5.41) is 4.53. The highest BCUT2D eigenvalue weighted by molar-refractivity contribution is 6.31.